The predicted octanol–water partition coefficient (Wildman–Crippen LogP) is 8.95. The molecule has 0 amide bonds. The molecule has 1 aromatic carbocycles. The van der Waals surface area contributed by atoms with Crippen LogP contribution in [0.1, 0.15) is 87.6 Å². The van der Waals surface area contributed by atoms with E-state index in [-0.39, 0.29) is 0 Å². The van der Waals surface area contributed by atoms with Crippen molar-refractivity contribution < 1.29 is 0 Å². The van der Waals surface area contributed by atoms with E-state index < -0.39 is 0 Å². The van der Waals surface area contributed by atoms with Crippen molar-refractivity contribution in [1.82, 2.24) is 9.97 Å². The Labute approximate surface area is 242 Å². The number of allylic oxidation sites excluding steroid dienone is 1. The number of benzene rings is 1. The van der Waals surface area contributed by atoms with Crippen molar-refractivity contribution in [2.45, 2.75) is 84.0 Å². The van der Waals surface area contributed by atoms with Crippen LogP contribution in [0.15, 0.2) is 67.0 Å². The maximum Gasteiger partial charge on any atom is 0.127 e. The zero-order chi connectivity index (χ0) is 28.1. The van der Waals surface area contributed by atoms with E-state index in [1.54, 1.807) is 0 Å². The van der Waals surface area contributed by atoms with Gasteiger partial charge in [0.2, 0.25) is 0 Å². The van der Waals surface area contributed by atoms with Crippen LogP contribution in [-0.4, -0.2) is 30.6 Å². The molecule has 0 saturated heterocycles. The lowest BCUT2D eigenvalue weighted by Gasteiger charge is -2.38. The Balaban J connectivity index is 1.33. The zero-order valence-electron chi connectivity index (χ0n) is 25.2. The Bertz CT molecular complexity index is 1260. The molecule has 5 rings (SSSR count). The van der Waals surface area contributed by atoms with Gasteiger partial charge in [0.05, 0.1) is 0 Å². The lowest BCUT2D eigenvalue weighted by molar-refractivity contribution is 0.320. The van der Waals surface area contributed by atoms with Crippen molar-refractivity contribution in [3.8, 4) is 11.1 Å². The van der Waals surface area contributed by atoms with E-state index in [0.29, 0.717) is 17.8 Å². The Morgan fingerprint density at radius 1 is 0.900 bits per heavy atom. The molecular formula is C36H48N4. The van der Waals surface area contributed by atoms with Crippen LogP contribution in [0.3, 0.4) is 0 Å². The third-order valence-corrected chi connectivity index (χ3v) is 9.42. The highest BCUT2D eigenvalue weighted by Crippen LogP contribution is 2.39. The number of rotatable bonds is 9. The number of pyridine rings is 2. The molecule has 2 aliphatic rings. The van der Waals surface area contributed by atoms with Crippen molar-refractivity contribution in [2.75, 3.05) is 30.4 Å². The van der Waals surface area contributed by atoms with Gasteiger partial charge in [-0.1, -0.05) is 51.0 Å². The molecule has 0 N–H and O–H groups in total. The fourth-order valence-electron chi connectivity index (χ4n) is 6.83. The van der Waals surface area contributed by atoms with Crippen molar-refractivity contribution >= 4 is 11.5 Å². The Morgan fingerprint density at radius 3 is 2.33 bits per heavy atom. The fourth-order valence-corrected chi connectivity index (χ4v) is 6.83. The summed E-state index contributed by atoms with van der Waals surface area (Å²) in [5, 5.41) is 0. The van der Waals surface area contributed by atoms with E-state index >= 15 is 0 Å². The molecule has 0 atom stereocenters. The van der Waals surface area contributed by atoms with Gasteiger partial charge in [0.1, 0.15) is 5.82 Å². The van der Waals surface area contributed by atoms with Gasteiger partial charge in [-0.2, -0.15) is 0 Å². The SMILES string of the molecule is C=C(C1CCCCC1)N(CC1CCC(c2ccc(CC)c(C)n2)CC1)c1cccc(-c2ccc(N(C)C)nc2)c1. The third-order valence-electron chi connectivity index (χ3n) is 9.42. The minimum Gasteiger partial charge on any atom is -0.363 e. The molecule has 2 heterocycles. The zero-order valence-corrected chi connectivity index (χ0v) is 25.2. The second-order valence-corrected chi connectivity index (χ2v) is 12.3. The average molecular weight is 537 g/mol. The summed E-state index contributed by atoms with van der Waals surface area (Å²) in [6, 6.07) is 17.9. The van der Waals surface area contributed by atoms with Crippen LogP contribution in [0, 0.1) is 18.8 Å². The molecule has 2 aromatic heterocycles. The van der Waals surface area contributed by atoms with E-state index in [1.807, 2.05) is 25.2 Å². The van der Waals surface area contributed by atoms with Gasteiger partial charge < -0.3 is 9.80 Å². The molecule has 0 unspecified atom stereocenters. The molecular weight excluding hydrogens is 488 g/mol. The maximum absolute atomic E-state index is 5.01. The summed E-state index contributed by atoms with van der Waals surface area (Å²) in [5.74, 6) is 2.85. The van der Waals surface area contributed by atoms with Crippen molar-refractivity contribution in [2.24, 2.45) is 11.8 Å². The average Bonchev–Trinajstić information content (AvgIpc) is 3.00. The van der Waals surface area contributed by atoms with Gasteiger partial charge in [0.25, 0.3) is 0 Å². The summed E-state index contributed by atoms with van der Waals surface area (Å²) in [5.41, 5.74) is 8.88. The topological polar surface area (TPSA) is 32.3 Å². The van der Waals surface area contributed by atoms with Crippen LogP contribution in [-0.2, 0) is 6.42 Å². The standard InChI is InChI=1S/C36H48N4/c1-6-29-19-21-35(38-26(29)2)31-17-15-28(16-18-31)25-40(27(3)30-11-8-7-9-12-30)34-14-10-13-32(23-34)33-20-22-36(37-24-33)39(4)5/h10,13-14,19-24,28,30-31H,3,6-9,11-12,15-18,25H2,1-2,4-5H3. The van der Waals surface area contributed by atoms with Gasteiger partial charge in [-0.05, 0) is 105 Å². The van der Waals surface area contributed by atoms with Gasteiger partial charge in [0, 0.05) is 61.1 Å². The van der Waals surface area contributed by atoms with Crippen LogP contribution in [0.2, 0.25) is 0 Å². The van der Waals surface area contributed by atoms with Crippen molar-refractivity contribution in [3.05, 3.63) is 84.0 Å². The van der Waals surface area contributed by atoms with Crippen molar-refractivity contribution in [1.29, 1.82) is 0 Å². The smallest absolute Gasteiger partial charge is 0.127 e. The van der Waals surface area contributed by atoms with E-state index in [1.165, 1.54) is 91.7 Å². The van der Waals surface area contributed by atoms with E-state index in [2.05, 4.69) is 72.3 Å². The first-order valence-corrected chi connectivity index (χ1v) is 15.6. The Morgan fingerprint density at radius 2 is 1.68 bits per heavy atom. The number of aromatic nitrogens is 2. The second-order valence-electron chi connectivity index (χ2n) is 12.3. The summed E-state index contributed by atoms with van der Waals surface area (Å²) in [6.07, 6.45) is 14.6. The van der Waals surface area contributed by atoms with E-state index in [0.717, 1.165) is 24.3 Å². The Kier molecular flexibility index (Phi) is 9.24. The first-order chi connectivity index (χ1) is 19.4. The van der Waals surface area contributed by atoms with Crippen LogP contribution in [0.4, 0.5) is 11.5 Å². The van der Waals surface area contributed by atoms with Crippen LogP contribution in [0.25, 0.3) is 11.1 Å². The molecule has 212 valence electrons. The van der Waals surface area contributed by atoms with Gasteiger partial charge in [0.15, 0.2) is 0 Å². The molecule has 3 aromatic rings. The molecule has 2 aliphatic carbocycles. The minimum atomic E-state index is 0.594. The number of hydrogen-bond acceptors (Lipinski definition) is 4. The molecule has 0 aliphatic heterocycles. The Hall–Kier alpha value is -3.14. The van der Waals surface area contributed by atoms with Crippen LogP contribution in [0.5, 0.6) is 0 Å². The highest BCUT2D eigenvalue weighted by atomic mass is 15.1. The first kappa shape index (κ1) is 28.4. The van der Waals surface area contributed by atoms with Gasteiger partial charge in [-0.25, -0.2) is 4.98 Å². The minimum absolute atomic E-state index is 0.594. The molecule has 0 bridgehead atoms. The number of anilines is 2. The summed E-state index contributed by atoms with van der Waals surface area (Å²) < 4.78 is 0. The summed E-state index contributed by atoms with van der Waals surface area (Å²) >= 11 is 0. The highest BCUT2D eigenvalue weighted by Gasteiger charge is 2.28. The summed E-state index contributed by atoms with van der Waals surface area (Å²) in [4.78, 5) is 14.3. The predicted molar refractivity (Wildman–Crippen MR) is 170 cm³/mol. The maximum atomic E-state index is 5.01. The van der Waals surface area contributed by atoms with E-state index in [4.69, 9.17) is 11.6 Å². The molecule has 0 spiro atoms. The van der Waals surface area contributed by atoms with Gasteiger partial charge >= 0.3 is 0 Å². The fraction of sp³-hybridized carbons (Fsp3) is 0.500. The first-order valence-electron chi connectivity index (χ1n) is 15.6. The molecule has 0 radical (unpaired) electrons. The molecule has 4 nitrogen and oxygen atoms in total. The lowest BCUT2D eigenvalue weighted by Crippen LogP contribution is -2.34. The normalized spacial score (nSPS) is 19.8. The van der Waals surface area contributed by atoms with E-state index in [9.17, 15) is 0 Å². The molecule has 4 heteroatoms. The van der Waals surface area contributed by atoms with Gasteiger partial charge in [-0.3, -0.25) is 4.98 Å². The molecule has 2 saturated carbocycles. The number of nitrogens with zero attached hydrogens (tertiary/aromatic N) is 4. The third kappa shape index (κ3) is 6.59. The molecule has 2 fully saturated rings. The number of aryl methyl sites for hydroxylation is 2. The summed E-state index contributed by atoms with van der Waals surface area (Å²) in [6.45, 7) is 10.2. The summed E-state index contributed by atoms with van der Waals surface area (Å²) in [7, 11) is 4.06. The largest absolute Gasteiger partial charge is 0.363 e. The van der Waals surface area contributed by atoms with Crippen molar-refractivity contribution in [3.63, 3.8) is 0 Å². The van der Waals surface area contributed by atoms with Crippen LogP contribution < -0.4 is 9.80 Å². The molecule has 40 heavy (non-hydrogen) atoms. The quantitative estimate of drug-likeness (QED) is 0.273. The van der Waals surface area contributed by atoms with Crippen LogP contribution >= 0.6 is 0 Å². The monoisotopic (exact) mass is 536 g/mol. The second kappa shape index (κ2) is 13.0. The highest BCUT2D eigenvalue weighted by molar-refractivity contribution is 5.70. The van der Waals surface area contributed by atoms with Gasteiger partial charge in [-0.15, -0.1) is 0 Å². The number of hydrogen-bond donors (Lipinski definition) is 0. The lowest BCUT2D eigenvalue weighted by atomic mass is 9.79.